The Morgan fingerprint density at radius 2 is 1.96 bits per heavy atom. The van der Waals surface area contributed by atoms with Gasteiger partial charge < -0.3 is 4.74 Å². The fourth-order valence-electron chi connectivity index (χ4n) is 2.30. The largest absolute Gasteiger partial charge is 0.392 e. The molecule has 10 heteroatoms. The smallest absolute Gasteiger partial charge is 0.327 e. The third kappa shape index (κ3) is 7.06. The van der Waals surface area contributed by atoms with Crippen molar-refractivity contribution in [1.82, 2.24) is 15.1 Å². The number of ether oxygens (including phenoxy) is 1. The number of nitrogens with one attached hydrogen (secondary N) is 1. The number of nitroso groups, excluding NO2 is 1. The Bertz CT molecular complexity index is 479. The van der Waals surface area contributed by atoms with E-state index in [1.807, 2.05) is 0 Å². The van der Waals surface area contributed by atoms with E-state index < -0.39 is 11.9 Å². The van der Waals surface area contributed by atoms with Crippen LogP contribution in [0.1, 0.15) is 13.8 Å². The highest BCUT2D eigenvalue weighted by molar-refractivity contribution is 5.99. The van der Waals surface area contributed by atoms with E-state index in [0.717, 1.165) is 6.92 Å². The van der Waals surface area contributed by atoms with Gasteiger partial charge in [0.2, 0.25) is 11.8 Å². The summed E-state index contributed by atoms with van der Waals surface area (Å²) in [7, 11) is 0. The summed E-state index contributed by atoms with van der Waals surface area (Å²) in [6.45, 7) is 3.37. The van der Waals surface area contributed by atoms with Gasteiger partial charge >= 0.3 is 11.9 Å². The van der Waals surface area contributed by atoms with E-state index in [2.05, 4.69) is 15.2 Å². The van der Waals surface area contributed by atoms with Crippen molar-refractivity contribution in [2.24, 2.45) is 5.18 Å². The van der Waals surface area contributed by atoms with Gasteiger partial charge in [-0.1, -0.05) is 5.18 Å². The quantitative estimate of drug-likeness (QED) is 0.247. The lowest BCUT2D eigenvalue weighted by molar-refractivity contribution is -0.159. The van der Waals surface area contributed by atoms with Crippen molar-refractivity contribution in [2.45, 2.75) is 19.9 Å². The van der Waals surface area contributed by atoms with Gasteiger partial charge in [-0.3, -0.25) is 34.3 Å². The number of carbonyl (C=O) groups excluding carboxylic acids is 4. The number of carbonyl (C=O) groups is 4. The van der Waals surface area contributed by atoms with E-state index in [1.54, 1.807) is 16.7 Å². The van der Waals surface area contributed by atoms with Crippen LogP contribution in [0.5, 0.6) is 0 Å². The molecule has 1 rings (SSSR count). The first kappa shape index (κ1) is 18.8. The zero-order valence-electron chi connectivity index (χ0n) is 13.1. The van der Waals surface area contributed by atoms with Gasteiger partial charge in [0.15, 0.2) is 0 Å². The first-order valence-electron chi connectivity index (χ1n) is 7.11. The van der Waals surface area contributed by atoms with Crippen LogP contribution < -0.4 is 5.32 Å². The third-order valence-corrected chi connectivity index (χ3v) is 3.23. The Labute approximate surface area is 133 Å². The summed E-state index contributed by atoms with van der Waals surface area (Å²) >= 11 is 0. The fraction of sp³-hybridized carbons (Fsp3) is 0.692. The Hall–Kier alpha value is -2.20. The molecule has 0 unspecified atom stereocenters. The van der Waals surface area contributed by atoms with Crippen molar-refractivity contribution in [3.63, 3.8) is 0 Å². The molecule has 2 amide bonds. The Kier molecular flexibility index (Phi) is 7.42. The average Bonchev–Trinajstić information content (AvgIpc) is 2.41. The molecule has 0 aliphatic carbocycles. The number of esters is 2. The van der Waals surface area contributed by atoms with Gasteiger partial charge in [-0.15, -0.1) is 0 Å². The highest BCUT2D eigenvalue weighted by Crippen LogP contribution is 2.05. The van der Waals surface area contributed by atoms with Gasteiger partial charge in [0, 0.05) is 26.1 Å². The highest BCUT2D eigenvalue weighted by Gasteiger charge is 2.26. The molecule has 0 aromatic carbocycles. The maximum Gasteiger partial charge on any atom is 0.327 e. The van der Waals surface area contributed by atoms with Gasteiger partial charge in [0.05, 0.1) is 26.2 Å². The van der Waals surface area contributed by atoms with E-state index in [9.17, 15) is 24.1 Å². The van der Waals surface area contributed by atoms with Crippen molar-refractivity contribution in [3.8, 4) is 0 Å². The van der Waals surface area contributed by atoms with E-state index in [-0.39, 0.29) is 50.6 Å². The van der Waals surface area contributed by atoms with Crippen LogP contribution in [0.4, 0.5) is 0 Å². The van der Waals surface area contributed by atoms with Crippen molar-refractivity contribution < 1.29 is 23.9 Å². The van der Waals surface area contributed by atoms with Crippen LogP contribution in [0.3, 0.4) is 0 Å². The van der Waals surface area contributed by atoms with Crippen LogP contribution in [-0.4, -0.2) is 78.9 Å². The molecule has 1 atom stereocenters. The number of hydrogen-bond acceptors (Lipinski definition) is 9. The van der Waals surface area contributed by atoms with Crippen LogP contribution in [-0.2, 0) is 23.9 Å². The summed E-state index contributed by atoms with van der Waals surface area (Å²) in [6.07, 6.45) is 0. The minimum absolute atomic E-state index is 0.0306. The van der Waals surface area contributed by atoms with Crippen LogP contribution in [0.25, 0.3) is 0 Å². The van der Waals surface area contributed by atoms with Crippen LogP contribution in [0.2, 0.25) is 0 Å². The minimum Gasteiger partial charge on any atom is -0.392 e. The molecule has 1 aliphatic heterocycles. The highest BCUT2D eigenvalue weighted by atomic mass is 16.6. The molecule has 1 saturated heterocycles. The van der Waals surface area contributed by atoms with E-state index >= 15 is 0 Å². The molecule has 0 aromatic rings. The van der Waals surface area contributed by atoms with Gasteiger partial charge in [-0.05, 0) is 6.92 Å². The Balaban J connectivity index is 2.62. The first-order valence-corrected chi connectivity index (χ1v) is 7.11. The number of rotatable bonds is 8. The Morgan fingerprint density at radius 3 is 2.48 bits per heavy atom. The second-order valence-corrected chi connectivity index (χ2v) is 5.28. The number of amides is 2. The normalized spacial score (nSPS) is 16.8. The summed E-state index contributed by atoms with van der Waals surface area (Å²) in [4.78, 5) is 58.7. The maximum atomic E-state index is 11.6. The summed E-state index contributed by atoms with van der Waals surface area (Å²) < 4.78 is 4.47. The number of piperazine rings is 1. The topological polar surface area (TPSA) is 125 Å². The Morgan fingerprint density at radius 1 is 1.35 bits per heavy atom. The summed E-state index contributed by atoms with van der Waals surface area (Å²) in [6, 6.07) is -0.255. The summed E-state index contributed by atoms with van der Waals surface area (Å²) in [5, 5.41) is 4.95. The summed E-state index contributed by atoms with van der Waals surface area (Å²) in [5.74, 6) is -2.21. The average molecular weight is 328 g/mol. The first-order chi connectivity index (χ1) is 10.8. The van der Waals surface area contributed by atoms with Gasteiger partial charge in [0.25, 0.3) is 0 Å². The van der Waals surface area contributed by atoms with E-state index in [4.69, 9.17) is 0 Å². The standard InChI is InChI=1S/C13H20N4O6/c1-9(5-16-6-11(19)15-12(20)7-16)17(4-3-14-22)8-13(21)23-10(2)18/h9H,3-8H2,1-2H3,(H,15,19,20)/t9-/m0/s1. The van der Waals surface area contributed by atoms with Gasteiger partial charge in [0.1, 0.15) is 0 Å². The van der Waals surface area contributed by atoms with Crippen LogP contribution in [0, 0.1) is 4.91 Å². The van der Waals surface area contributed by atoms with Crippen LogP contribution >= 0.6 is 0 Å². The number of imide groups is 1. The molecule has 0 saturated carbocycles. The monoisotopic (exact) mass is 328 g/mol. The van der Waals surface area contributed by atoms with Gasteiger partial charge in [-0.2, -0.15) is 4.91 Å². The minimum atomic E-state index is -0.734. The molecular weight excluding hydrogens is 308 g/mol. The molecule has 0 aromatic heterocycles. The molecule has 0 radical (unpaired) electrons. The lowest BCUT2D eigenvalue weighted by Crippen LogP contribution is -2.55. The summed E-state index contributed by atoms with van der Waals surface area (Å²) in [5.41, 5.74) is 0. The second-order valence-electron chi connectivity index (χ2n) is 5.28. The lowest BCUT2D eigenvalue weighted by Gasteiger charge is -2.33. The van der Waals surface area contributed by atoms with Crippen molar-refractivity contribution in [1.29, 1.82) is 0 Å². The number of hydrogen-bond donors (Lipinski definition) is 1. The molecular formula is C13H20N4O6. The van der Waals surface area contributed by atoms with E-state index in [1.165, 1.54) is 0 Å². The van der Waals surface area contributed by atoms with Crippen molar-refractivity contribution in [3.05, 3.63) is 4.91 Å². The lowest BCUT2D eigenvalue weighted by atomic mass is 10.2. The van der Waals surface area contributed by atoms with Crippen molar-refractivity contribution in [2.75, 3.05) is 39.3 Å². The second kappa shape index (κ2) is 9.06. The predicted molar refractivity (Wildman–Crippen MR) is 78.1 cm³/mol. The number of nitrogens with zero attached hydrogens (tertiary/aromatic N) is 3. The molecule has 1 heterocycles. The third-order valence-electron chi connectivity index (χ3n) is 3.23. The predicted octanol–water partition coefficient (Wildman–Crippen LogP) is -1.51. The molecule has 1 aliphatic rings. The van der Waals surface area contributed by atoms with Gasteiger partial charge in [-0.25, -0.2) is 0 Å². The molecule has 1 fully saturated rings. The van der Waals surface area contributed by atoms with E-state index in [0.29, 0.717) is 6.54 Å². The SMILES string of the molecule is CC(=O)OC(=O)CN(CCN=O)[C@@H](C)CN1CC(=O)NC(=O)C1. The maximum absolute atomic E-state index is 11.6. The molecule has 0 spiro atoms. The molecule has 128 valence electrons. The zero-order valence-corrected chi connectivity index (χ0v) is 13.1. The molecule has 1 N–H and O–H groups in total. The zero-order chi connectivity index (χ0) is 17.4. The molecule has 23 heavy (non-hydrogen) atoms. The fourth-order valence-corrected chi connectivity index (χ4v) is 2.30. The molecule has 10 nitrogen and oxygen atoms in total. The van der Waals surface area contributed by atoms with Crippen molar-refractivity contribution >= 4 is 23.8 Å². The van der Waals surface area contributed by atoms with Crippen LogP contribution in [0.15, 0.2) is 5.18 Å². The molecule has 0 bridgehead atoms.